The molecule has 212 valence electrons. The Hall–Kier alpha value is -4.63. The Morgan fingerprint density at radius 1 is 0.591 bits per heavy atom. The Bertz CT molecular complexity index is 2260. The van der Waals surface area contributed by atoms with E-state index in [0.717, 1.165) is 45.8 Å². The molecular weight excluding hydrogens is 536 g/mol. The van der Waals surface area contributed by atoms with Crippen LogP contribution < -0.4 is 0 Å². The molecule has 0 aliphatic heterocycles. The van der Waals surface area contributed by atoms with Crippen molar-refractivity contribution >= 4 is 32.9 Å². The first-order valence-corrected chi connectivity index (χ1v) is 16.4. The number of hydrogen-bond acceptors (Lipinski definition) is 2. The van der Waals surface area contributed by atoms with Gasteiger partial charge in [-0.3, -0.25) is 4.57 Å². The van der Waals surface area contributed by atoms with Crippen molar-refractivity contribution in [1.82, 2.24) is 9.55 Å². The van der Waals surface area contributed by atoms with Crippen molar-refractivity contribution in [2.75, 3.05) is 0 Å². The van der Waals surface area contributed by atoms with E-state index in [2.05, 4.69) is 89.5 Å². The quantitative estimate of drug-likeness (QED) is 0.208. The van der Waals surface area contributed by atoms with E-state index in [0.29, 0.717) is 6.01 Å². The van der Waals surface area contributed by atoms with Gasteiger partial charge in [-0.05, 0) is 126 Å². The molecule has 3 nitrogen and oxygen atoms in total. The predicted octanol–water partition coefficient (Wildman–Crippen LogP) is 10.3. The van der Waals surface area contributed by atoms with Gasteiger partial charge in [-0.1, -0.05) is 72.8 Å². The maximum atomic E-state index is 6.27. The van der Waals surface area contributed by atoms with Crippen molar-refractivity contribution in [2.45, 2.75) is 37.5 Å². The van der Waals surface area contributed by atoms with Gasteiger partial charge in [0.1, 0.15) is 5.52 Å². The van der Waals surface area contributed by atoms with Gasteiger partial charge in [0.2, 0.25) is 0 Å². The van der Waals surface area contributed by atoms with E-state index in [1.165, 1.54) is 65.1 Å². The van der Waals surface area contributed by atoms with Crippen molar-refractivity contribution in [3.63, 3.8) is 0 Å². The van der Waals surface area contributed by atoms with E-state index in [-0.39, 0.29) is 5.41 Å². The molecule has 4 fully saturated rings. The fourth-order valence-corrected chi connectivity index (χ4v) is 10.7. The lowest BCUT2D eigenvalue weighted by molar-refractivity contribution is -0.0399. The molecule has 5 aromatic carbocycles. The number of para-hydroxylation sites is 3. The SMILES string of the molecule is c1ccc2c(c1)-c1cc(-c3ccc4c(c3)c3ccccc3n4-c3nc4ccccc4o3)ccc1C21C2CC3CC(C2)CC1C3. The maximum absolute atomic E-state index is 6.27. The first-order valence-electron chi connectivity index (χ1n) is 16.4. The Labute approximate surface area is 256 Å². The van der Waals surface area contributed by atoms with Gasteiger partial charge in [0, 0.05) is 16.2 Å². The molecule has 0 saturated heterocycles. The van der Waals surface area contributed by atoms with Crippen molar-refractivity contribution in [1.29, 1.82) is 0 Å². The number of hydrogen-bond donors (Lipinski definition) is 0. The van der Waals surface area contributed by atoms with Gasteiger partial charge in [-0.15, -0.1) is 0 Å². The largest absolute Gasteiger partial charge is 0.423 e. The average molecular weight is 569 g/mol. The standard InChI is InChI=1S/C41H32N2O/c1-3-9-34-30(7-1)32-22-26(13-15-35(32)41(34)28-18-24-17-25(20-28)21-29(41)19-24)27-14-16-38-33(23-27)31-8-2-5-11-37(31)43(38)40-42-36-10-4-6-12-39(36)44-40/h1-16,22-25,28-29H,17-21H2. The molecule has 2 aromatic heterocycles. The Morgan fingerprint density at radius 2 is 1.27 bits per heavy atom. The summed E-state index contributed by atoms with van der Waals surface area (Å²) in [5, 5.41) is 2.43. The number of benzene rings is 5. The third-order valence-corrected chi connectivity index (χ3v) is 12.0. The van der Waals surface area contributed by atoms with E-state index in [1.54, 1.807) is 11.1 Å². The van der Waals surface area contributed by atoms with Crippen LogP contribution in [0.25, 0.3) is 61.2 Å². The highest BCUT2D eigenvalue weighted by Gasteiger charge is 2.61. The highest BCUT2D eigenvalue weighted by Crippen LogP contribution is 2.69. The zero-order valence-electron chi connectivity index (χ0n) is 24.5. The van der Waals surface area contributed by atoms with Gasteiger partial charge >= 0.3 is 6.01 Å². The van der Waals surface area contributed by atoms with Crippen LogP contribution in [-0.2, 0) is 5.41 Å². The smallest absolute Gasteiger partial charge is 0.307 e. The summed E-state index contributed by atoms with van der Waals surface area (Å²) < 4.78 is 8.44. The molecule has 0 N–H and O–H groups in total. The summed E-state index contributed by atoms with van der Waals surface area (Å²) in [6.45, 7) is 0. The lowest BCUT2D eigenvalue weighted by Crippen LogP contribution is -2.55. The molecule has 44 heavy (non-hydrogen) atoms. The summed E-state index contributed by atoms with van der Waals surface area (Å²) in [4.78, 5) is 4.87. The first-order chi connectivity index (χ1) is 21.8. The summed E-state index contributed by atoms with van der Waals surface area (Å²) >= 11 is 0. The fraction of sp³-hybridized carbons (Fsp3) is 0.244. The highest BCUT2D eigenvalue weighted by molar-refractivity contribution is 6.10. The zero-order chi connectivity index (χ0) is 28.6. The van der Waals surface area contributed by atoms with Gasteiger partial charge in [0.05, 0.1) is 11.0 Å². The molecule has 0 unspecified atom stereocenters. The Morgan fingerprint density at radius 3 is 2.14 bits per heavy atom. The Balaban J connectivity index is 1.09. The van der Waals surface area contributed by atoms with Crippen LogP contribution in [0, 0.1) is 23.7 Å². The van der Waals surface area contributed by atoms with Crippen LogP contribution in [0.15, 0.2) is 114 Å². The fourth-order valence-electron chi connectivity index (χ4n) is 10.7. The minimum absolute atomic E-state index is 0.217. The molecule has 2 heterocycles. The molecule has 0 amide bonds. The lowest BCUT2D eigenvalue weighted by Gasteiger charge is -2.61. The van der Waals surface area contributed by atoms with Crippen LogP contribution in [-0.4, -0.2) is 9.55 Å². The number of oxazole rings is 1. The zero-order valence-corrected chi connectivity index (χ0v) is 24.5. The molecule has 0 radical (unpaired) electrons. The molecule has 4 bridgehead atoms. The summed E-state index contributed by atoms with van der Waals surface area (Å²) in [5.41, 5.74) is 12.9. The van der Waals surface area contributed by atoms with Crippen LogP contribution >= 0.6 is 0 Å². The third-order valence-electron chi connectivity index (χ3n) is 12.0. The lowest BCUT2D eigenvalue weighted by atomic mass is 9.43. The van der Waals surface area contributed by atoms with Gasteiger partial charge in [-0.2, -0.15) is 4.98 Å². The van der Waals surface area contributed by atoms with E-state index < -0.39 is 0 Å². The molecular formula is C41H32N2O. The number of aromatic nitrogens is 2. The van der Waals surface area contributed by atoms with E-state index in [1.807, 2.05) is 24.3 Å². The molecule has 7 aromatic rings. The normalized spacial score (nSPS) is 26.3. The predicted molar refractivity (Wildman–Crippen MR) is 177 cm³/mol. The second-order valence-electron chi connectivity index (χ2n) is 14.0. The minimum Gasteiger partial charge on any atom is -0.423 e. The average Bonchev–Trinajstić information content (AvgIpc) is 3.72. The number of rotatable bonds is 2. The van der Waals surface area contributed by atoms with Crippen LogP contribution in [0.3, 0.4) is 0 Å². The van der Waals surface area contributed by atoms with E-state index in [9.17, 15) is 0 Å². The summed E-state index contributed by atoms with van der Waals surface area (Å²) in [5.74, 6) is 3.51. The van der Waals surface area contributed by atoms with Crippen LogP contribution in [0.5, 0.6) is 0 Å². The summed E-state index contributed by atoms with van der Waals surface area (Å²) in [6, 6.07) is 41.0. The van der Waals surface area contributed by atoms with Crippen LogP contribution in [0.1, 0.15) is 43.2 Å². The van der Waals surface area contributed by atoms with Crippen LogP contribution in [0.2, 0.25) is 0 Å². The summed E-state index contributed by atoms with van der Waals surface area (Å²) in [7, 11) is 0. The number of fused-ring (bicyclic) bond motifs is 7. The molecule has 12 rings (SSSR count). The van der Waals surface area contributed by atoms with Crippen molar-refractivity contribution in [3.05, 3.63) is 120 Å². The molecule has 1 spiro atoms. The molecule has 4 saturated carbocycles. The number of nitrogens with zero attached hydrogens (tertiary/aromatic N) is 2. The first kappa shape index (κ1) is 23.8. The topological polar surface area (TPSA) is 31.0 Å². The summed E-state index contributed by atoms with van der Waals surface area (Å²) in [6.07, 6.45) is 7.17. The molecule has 5 aliphatic carbocycles. The van der Waals surface area contributed by atoms with Crippen molar-refractivity contribution in [2.24, 2.45) is 23.7 Å². The molecule has 5 aliphatic rings. The van der Waals surface area contributed by atoms with Crippen molar-refractivity contribution < 1.29 is 4.42 Å². The van der Waals surface area contributed by atoms with E-state index in [4.69, 9.17) is 9.40 Å². The minimum atomic E-state index is 0.217. The van der Waals surface area contributed by atoms with Gasteiger partial charge in [0.15, 0.2) is 5.58 Å². The monoisotopic (exact) mass is 568 g/mol. The molecule has 3 heteroatoms. The second-order valence-corrected chi connectivity index (χ2v) is 14.0. The highest BCUT2D eigenvalue weighted by atomic mass is 16.4. The van der Waals surface area contributed by atoms with Gasteiger partial charge in [-0.25, -0.2) is 0 Å². The van der Waals surface area contributed by atoms with E-state index >= 15 is 0 Å². The van der Waals surface area contributed by atoms with Crippen molar-refractivity contribution in [3.8, 4) is 28.3 Å². The molecule has 0 atom stereocenters. The maximum Gasteiger partial charge on any atom is 0.307 e. The van der Waals surface area contributed by atoms with Crippen LogP contribution in [0.4, 0.5) is 0 Å². The second kappa shape index (κ2) is 8.30. The third kappa shape index (κ3) is 2.91. The van der Waals surface area contributed by atoms with Gasteiger partial charge < -0.3 is 4.42 Å². The Kier molecular flexibility index (Phi) is 4.48. The van der Waals surface area contributed by atoms with Gasteiger partial charge in [0.25, 0.3) is 0 Å².